The number of hydrogen-bond acceptors (Lipinski definition) is 3. The van der Waals surface area contributed by atoms with Crippen LogP contribution < -0.4 is 4.74 Å². The largest absolute Gasteiger partial charge is 0.483 e. The maximum Gasteiger partial charge on any atom is 0.204 e. The SMILES string of the molecule is CC1(C)C=Cc2c(ccc3cc(C#N)oc23)O1. The van der Waals surface area contributed by atoms with Gasteiger partial charge in [0.25, 0.3) is 0 Å². The molecule has 1 aliphatic rings. The Morgan fingerprint density at radius 1 is 1.29 bits per heavy atom. The van der Waals surface area contributed by atoms with Crippen LogP contribution in [0, 0.1) is 11.3 Å². The van der Waals surface area contributed by atoms with Gasteiger partial charge >= 0.3 is 0 Å². The molecule has 0 N–H and O–H groups in total. The van der Waals surface area contributed by atoms with E-state index in [0.717, 1.165) is 16.7 Å². The Balaban J connectivity index is 2.27. The van der Waals surface area contributed by atoms with Gasteiger partial charge in [-0.1, -0.05) is 0 Å². The van der Waals surface area contributed by atoms with E-state index in [1.807, 2.05) is 44.2 Å². The standard InChI is InChI=1S/C14H11NO2/c1-14(2)6-5-11-12(17-14)4-3-9-7-10(8-15)16-13(9)11/h3-7H,1-2H3. The fourth-order valence-electron chi connectivity index (χ4n) is 2.01. The van der Waals surface area contributed by atoms with Gasteiger partial charge in [-0.25, -0.2) is 0 Å². The predicted octanol–water partition coefficient (Wildman–Crippen LogP) is 3.49. The summed E-state index contributed by atoms with van der Waals surface area (Å²) in [6.07, 6.45) is 3.98. The van der Waals surface area contributed by atoms with Gasteiger partial charge in [-0.05, 0) is 38.1 Å². The van der Waals surface area contributed by atoms with Gasteiger partial charge in [-0.3, -0.25) is 0 Å². The summed E-state index contributed by atoms with van der Waals surface area (Å²) in [5, 5.41) is 9.76. The zero-order chi connectivity index (χ0) is 12.0. The molecule has 3 nitrogen and oxygen atoms in total. The van der Waals surface area contributed by atoms with Crippen LogP contribution in [0.3, 0.4) is 0 Å². The summed E-state index contributed by atoms with van der Waals surface area (Å²) < 4.78 is 11.3. The van der Waals surface area contributed by atoms with Gasteiger partial charge in [0, 0.05) is 11.5 Å². The summed E-state index contributed by atoms with van der Waals surface area (Å²) in [4.78, 5) is 0. The molecule has 0 saturated heterocycles. The lowest BCUT2D eigenvalue weighted by molar-refractivity contribution is 0.159. The van der Waals surface area contributed by atoms with Crippen LogP contribution in [0.25, 0.3) is 17.0 Å². The highest BCUT2D eigenvalue weighted by Gasteiger charge is 2.23. The minimum Gasteiger partial charge on any atom is -0.483 e. The van der Waals surface area contributed by atoms with E-state index in [4.69, 9.17) is 14.4 Å². The molecular formula is C14H11NO2. The third-order valence-corrected chi connectivity index (χ3v) is 2.82. The van der Waals surface area contributed by atoms with Crippen molar-refractivity contribution < 1.29 is 9.15 Å². The van der Waals surface area contributed by atoms with Gasteiger partial charge in [-0.2, -0.15) is 5.26 Å². The molecule has 0 atom stereocenters. The van der Waals surface area contributed by atoms with Gasteiger partial charge in [0.1, 0.15) is 23.0 Å². The predicted molar refractivity (Wildman–Crippen MR) is 64.7 cm³/mol. The normalized spacial score (nSPS) is 16.3. The molecule has 0 saturated carbocycles. The highest BCUT2D eigenvalue weighted by molar-refractivity contribution is 5.90. The van der Waals surface area contributed by atoms with Gasteiger partial charge < -0.3 is 9.15 Å². The van der Waals surface area contributed by atoms with E-state index in [9.17, 15) is 0 Å². The minimum absolute atomic E-state index is 0.300. The van der Waals surface area contributed by atoms with Crippen LogP contribution in [0.4, 0.5) is 0 Å². The lowest BCUT2D eigenvalue weighted by Gasteiger charge is -2.27. The Bertz CT molecular complexity index is 671. The summed E-state index contributed by atoms with van der Waals surface area (Å²) in [5.41, 5.74) is 1.32. The Labute approximate surface area is 98.9 Å². The average molecular weight is 225 g/mol. The Hall–Kier alpha value is -2.21. The zero-order valence-electron chi connectivity index (χ0n) is 9.65. The van der Waals surface area contributed by atoms with E-state index in [1.54, 1.807) is 6.07 Å². The van der Waals surface area contributed by atoms with E-state index < -0.39 is 0 Å². The monoisotopic (exact) mass is 225 g/mol. The van der Waals surface area contributed by atoms with Crippen molar-refractivity contribution in [3.05, 3.63) is 35.6 Å². The Morgan fingerprint density at radius 2 is 2.12 bits per heavy atom. The van der Waals surface area contributed by atoms with E-state index in [0.29, 0.717) is 11.3 Å². The maximum atomic E-state index is 8.83. The molecule has 0 unspecified atom stereocenters. The smallest absolute Gasteiger partial charge is 0.204 e. The zero-order valence-corrected chi connectivity index (χ0v) is 9.65. The molecule has 1 aromatic carbocycles. The molecule has 84 valence electrons. The molecule has 1 aliphatic heterocycles. The molecule has 17 heavy (non-hydrogen) atoms. The number of nitrogens with zero attached hydrogens (tertiary/aromatic N) is 1. The fourth-order valence-corrected chi connectivity index (χ4v) is 2.01. The molecule has 3 heteroatoms. The van der Waals surface area contributed by atoms with E-state index in [-0.39, 0.29) is 5.60 Å². The van der Waals surface area contributed by atoms with Gasteiger partial charge in [0.15, 0.2) is 0 Å². The molecule has 0 radical (unpaired) electrons. The fraction of sp³-hybridized carbons (Fsp3) is 0.214. The molecule has 1 aromatic heterocycles. The van der Waals surface area contributed by atoms with Crippen molar-refractivity contribution in [2.75, 3.05) is 0 Å². The van der Waals surface area contributed by atoms with Gasteiger partial charge in [0.05, 0.1) is 5.56 Å². The number of nitriles is 1. The summed E-state index contributed by atoms with van der Waals surface area (Å²) in [5.74, 6) is 1.12. The molecule has 0 amide bonds. The van der Waals surface area contributed by atoms with Crippen LogP contribution in [0.15, 0.2) is 28.7 Å². The van der Waals surface area contributed by atoms with Crippen molar-refractivity contribution in [3.8, 4) is 11.8 Å². The number of benzene rings is 1. The first kappa shape index (κ1) is 9.98. The minimum atomic E-state index is -0.300. The summed E-state index contributed by atoms with van der Waals surface area (Å²) in [6.45, 7) is 4.00. The lowest BCUT2D eigenvalue weighted by atomic mass is 10.0. The van der Waals surface area contributed by atoms with Crippen molar-refractivity contribution in [1.82, 2.24) is 0 Å². The van der Waals surface area contributed by atoms with E-state index in [2.05, 4.69) is 0 Å². The third kappa shape index (κ3) is 1.50. The molecule has 2 aromatic rings. The molecule has 0 aliphatic carbocycles. The number of hydrogen-bond donors (Lipinski definition) is 0. The first-order valence-corrected chi connectivity index (χ1v) is 5.44. The van der Waals surface area contributed by atoms with E-state index >= 15 is 0 Å². The molecule has 0 bridgehead atoms. The molecule has 0 spiro atoms. The Morgan fingerprint density at radius 3 is 2.88 bits per heavy atom. The van der Waals surface area contributed by atoms with Crippen LogP contribution in [-0.4, -0.2) is 5.60 Å². The second-order valence-corrected chi connectivity index (χ2v) is 4.66. The van der Waals surface area contributed by atoms with E-state index in [1.165, 1.54) is 0 Å². The molecule has 0 fully saturated rings. The second kappa shape index (κ2) is 3.14. The Kier molecular flexibility index (Phi) is 1.84. The first-order valence-electron chi connectivity index (χ1n) is 5.44. The topological polar surface area (TPSA) is 46.2 Å². The van der Waals surface area contributed by atoms with Crippen LogP contribution in [0.2, 0.25) is 0 Å². The molecule has 3 rings (SSSR count). The number of ether oxygens (including phenoxy) is 1. The van der Waals surface area contributed by atoms with Crippen molar-refractivity contribution in [1.29, 1.82) is 5.26 Å². The van der Waals surface area contributed by atoms with Crippen molar-refractivity contribution in [2.45, 2.75) is 19.4 Å². The maximum absolute atomic E-state index is 8.83. The van der Waals surface area contributed by atoms with Crippen molar-refractivity contribution >= 4 is 17.0 Å². The van der Waals surface area contributed by atoms with Crippen LogP contribution in [0.1, 0.15) is 25.2 Å². The second-order valence-electron chi connectivity index (χ2n) is 4.66. The number of rotatable bonds is 0. The number of furan rings is 1. The van der Waals surface area contributed by atoms with Gasteiger partial charge in [-0.15, -0.1) is 0 Å². The van der Waals surface area contributed by atoms with Gasteiger partial charge in [0.2, 0.25) is 5.76 Å². The highest BCUT2D eigenvalue weighted by Crippen LogP contribution is 2.36. The van der Waals surface area contributed by atoms with Crippen LogP contribution in [-0.2, 0) is 0 Å². The number of fused-ring (bicyclic) bond motifs is 3. The van der Waals surface area contributed by atoms with Crippen molar-refractivity contribution in [3.63, 3.8) is 0 Å². The lowest BCUT2D eigenvalue weighted by Crippen LogP contribution is -2.27. The summed E-state index contributed by atoms with van der Waals surface area (Å²) >= 11 is 0. The summed E-state index contributed by atoms with van der Waals surface area (Å²) in [6, 6.07) is 7.57. The average Bonchev–Trinajstić information content (AvgIpc) is 2.70. The van der Waals surface area contributed by atoms with Crippen LogP contribution in [0.5, 0.6) is 5.75 Å². The molecular weight excluding hydrogens is 214 g/mol. The highest BCUT2D eigenvalue weighted by atomic mass is 16.5. The molecule has 2 heterocycles. The summed E-state index contributed by atoms with van der Waals surface area (Å²) in [7, 11) is 0. The first-order chi connectivity index (χ1) is 8.09. The quantitative estimate of drug-likeness (QED) is 0.689. The van der Waals surface area contributed by atoms with Crippen LogP contribution >= 0.6 is 0 Å². The van der Waals surface area contributed by atoms with Crippen molar-refractivity contribution in [2.24, 2.45) is 0 Å². The third-order valence-electron chi connectivity index (χ3n) is 2.82.